The molecule has 9 heteroatoms. The van der Waals surface area contributed by atoms with E-state index in [1.807, 2.05) is 19.1 Å². The van der Waals surface area contributed by atoms with Gasteiger partial charge in [-0.3, -0.25) is 0 Å². The third kappa shape index (κ3) is 5.46. The molecule has 1 aromatic carbocycles. The van der Waals surface area contributed by atoms with Crippen molar-refractivity contribution in [3.63, 3.8) is 0 Å². The summed E-state index contributed by atoms with van der Waals surface area (Å²) in [6.07, 6.45) is 1.83. The largest absolute Gasteiger partial charge is 0.312 e. The molecule has 0 fully saturated rings. The Balaban J connectivity index is 1.95. The minimum Gasteiger partial charge on any atom is -0.312 e. The molecule has 6 nitrogen and oxygen atoms in total. The summed E-state index contributed by atoms with van der Waals surface area (Å²) in [5.41, 5.74) is 2.55. The zero-order valence-corrected chi connectivity index (χ0v) is 15.8. The van der Waals surface area contributed by atoms with Crippen LogP contribution in [0.2, 0.25) is 10.2 Å². The summed E-state index contributed by atoms with van der Waals surface area (Å²) in [5.74, 6) is 0. The molecule has 0 radical (unpaired) electrons. The molecular weight excluding hydrogens is 371 g/mol. The summed E-state index contributed by atoms with van der Waals surface area (Å²) in [6, 6.07) is 7.33. The van der Waals surface area contributed by atoms with Crippen LogP contribution in [0.4, 0.5) is 0 Å². The van der Waals surface area contributed by atoms with Crippen LogP contribution in [-0.2, 0) is 16.6 Å². The lowest BCUT2D eigenvalue weighted by Crippen LogP contribution is -2.26. The molecule has 2 aromatic rings. The summed E-state index contributed by atoms with van der Waals surface area (Å²) in [4.78, 5) is 0. The Hall–Kier alpha value is -1.12. The monoisotopic (exact) mass is 390 g/mol. The molecule has 132 valence electrons. The van der Waals surface area contributed by atoms with Crippen molar-refractivity contribution in [3.8, 4) is 5.69 Å². The predicted octanol–water partition coefficient (Wildman–Crippen LogP) is 2.52. The van der Waals surface area contributed by atoms with Gasteiger partial charge in [-0.05, 0) is 38.1 Å². The van der Waals surface area contributed by atoms with Crippen LogP contribution in [0.3, 0.4) is 0 Å². The maximum absolute atomic E-state index is 11.0. The number of nitrogens with zero attached hydrogens (tertiary/aromatic N) is 2. The highest BCUT2D eigenvalue weighted by Crippen LogP contribution is 2.24. The second-order valence-electron chi connectivity index (χ2n) is 5.44. The number of hydrogen-bond acceptors (Lipinski definition) is 4. The standard InChI is InChI=1S/C15H20Cl2N4O2S/c1-11-14(10-18-7-4-8-19-24(2,22)23)15(17)21(20-11)13-6-3-5-12(16)9-13/h3,5-6,9,18-19H,4,7-8,10H2,1-2H3. The molecule has 0 unspecified atom stereocenters. The number of benzene rings is 1. The van der Waals surface area contributed by atoms with Crippen molar-refractivity contribution >= 4 is 33.2 Å². The van der Waals surface area contributed by atoms with Crippen LogP contribution in [0.1, 0.15) is 17.7 Å². The molecule has 0 aliphatic carbocycles. The van der Waals surface area contributed by atoms with Gasteiger partial charge in [0.1, 0.15) is 5.15 Å². The maximum atomic E-state index is 11.0. The SMILES string of the molecule is Cc1nn(-c2cccc(Cl)c2)c(Cl)c1CNCCCNS(C)(=O)=O. The number of halogens is 2. The molecule has 0 aliphatic heterocycles. The maximum Gasteiger partial charge on any atom is 0.208 e. The molecule has 24 heavy (non-hydrogen) atoms. The van der Waals surface area contributed by atoms with Crippen LogP contribution >= 0.6 is 23.2 Å². The van der Waals surface area contributed by atoms with Gasteiger partial charge < -0.3 is 5.32 Å². The molecule has 0 bridgehead atoms. The van der Waals surface area contributed by atoms with Crippen LogP contribution < -0.4 is 10.0 Å². The zero-order valence-electron chi connectivity index (χ0n) is 13.5. The summed E-state index contributed by atoms with van der Waals surface area (Å²) >= 11 is 12.5. The summed E-state index contributed by atoms with van der Waals surface area (Å²) in [5, 5.41) is 8.87. The number of hydrogen-bond donors (Lipinski definition) is 2. The Morgan fingerprint density at radius 2 is 2.00 bits per heavy atom. The van der Waals surface area contributed by atoms with Crippen LogP contribution in [0, 0.1) is 6.92 Å². The van der Waals surface area contributed by atoms with Crippen LogP contribution in [0.25, 0.3) is 5.69 Å². The minimum absolute atomic E-state index is 0.403. The zero-order chi connectivity index (χ0) is 17.7. The number of aryl methyl sites for hydroxylation is 1. The van der Waals surface area contributed by atoms with E-state index in [-0.39, 0.29) is 0 Å². The molecule has 0 aliphatic rings. The van der Waals surface area contributed by atoms with Gasteiger partial charge >= 0.3 is 0 Å². The Morgan fingerprint density at radius 3 is 2.67 bits per heavy atom. The first-order valence-corrected chi connectivity index (χ1v) is 10.1. The van der Waals surface area contributed by atoms with Gasteiger partial charge in [-0.1, -0.05) is 29.3 Å². The van der Waals surface area contributed by atoms with Crippen molar-refractivity contribution in [1.82, 2.24) is 19.8 Å². The highest BCUT2D eigenvalue weighted by atomic mass is 35.5. The second kappa shape index (κ2) is 8.31. The van der Waals surface area contributed by atoms with E-state index in [0.29, 0.717) is 36.2 Å². The highest BCUT2D eigenvalue weighted by molar-refractivity contribution is 7.88. The normalized spacial score (nSPS) is 11.8. The molecule has 1 heterocycles. The Labute approximate surface area is 152 Å². The van der Waals surface area contributed by atoms with Crippen LogP contribution in [-0.4, -0.2) is 37.5 Å². The number of rotatable bonds is 8. The lowest BCUT2D eigenvalue weighted by molar-refractivity contribution is 0.579. The predicted molar refractivity (Wildman–Crippen MR) is 97.5 cm³/mol. The lowest BCUT2D eigenvalue weighted by Gasteiger charge is -2.06. The molecular formula is C15H20Cl2N4O2S. The van der Waals surface area contributed by atoms with E-state index in [2.05, 4.69) is 15.1 Å². The van der Waals surface area contributed by atoms with E-state index >= 15 is 0 Å². The molecule has 2 rings (SSSR count). The van der Waals surface area contributed by atoms with Gasteiger partial charge in [-0.25, -0.2) is 17.8 Å². The minimum atomic E-state index is -3.13. The van der Waals surface area contributed by atoms with Gasteiger partial charge in [-0.2, -0.15) is 5.10 Å². The van der Waals surface area contributed by atoms with E-state index in [9.17, 15) is 8.42 Å². The average molecular weight is 391 g/mol. The van der Waals surface area contributed by atoms with Crippen molar-refractivity contribution < 1.29 is 8.42 Å². The third-order valence-electron chi connectivity index (χ3n) is 3.37. The van der Waals surface area contributed by atoms with Crippen molar-refractivity contribution in [2.75, 3.05) is 19.3 Å². The first kappa shape index (κ1) is 19.2. The fourth-order valence-corrected chi connectivity index (χ4v) is 3.23. The van der Waals surface area contributed by atoms with Gasteiger partial charge in [0, 0.05) is 23.7 Å². The fourth-order valence-electron chi connectivity index (χ4n) is 2.20. The number of nitrogens with one attached hydrogen (secondary N) is 2. The van der Waals surface area contributed by atoms with Crippen molar-refractivity contribution in [2.45, 2.75) is 19.9 Å². The van der Waals surface area contributed by atoms with Crippen LogP contribution in [0.15, 0.2) is 24.3 Å². The van der Waals surface area contributed by atoms with Crippen molar-refractivity contribution in [2.24, 2.45) is 0 Å². The van der Waals surface area contributed by atoms with E-state index in [0.717, 1.165) is 23.2 Å². The summed E-state index contributed by atoms with van der Waals surface area (Å²) < 4.78 is 26.0. The molecule has 0 spiro atoms. The van der Waals surface area contributed by atoms with Gasteiger partial charge in [-0.15, -0.1) is 0 Å². The fraction of sp³-hybridized carbons (Fsp3) is 0.400. The molecule has 0 saturated carbocycles. The lowest BCUT2D eigenvalue weighted by atomic mass is 10.2. The van der Waals surface area contributed by atoms with Gasteiger partial charge in [0.15, 0.2) is 0 Å². The number of sulfonamides is 1. The molecule has 0 atom stereocenters. The van der Waals surface area contributed by atoms with E-state index in [1.54, 1.807) is 16.8 Å². The molecule has 2 N–H and O–H groups in total. The van der Waals surface area contributed by atoms with Gasteiger partial charge in [0.2, 0.25) is 10.0 Å². The summed E-state index contributed by atoms with van der Waals surface area (Å²) in [7, 11) is -3.13. The van der Waals surface area contributed by atoms with E-state index < -0.39 is 10.0 Å². The Kier molecular flexibility index (Phi) is 6.65. The quantitative estimate of drug-likeness (QED) is 0.678. The Bertz CT molecular complexity index is 806. The van der Waals surface area contributed by atoms with Crippen LogP contribution in [0.5, 0.6) is 0 Å². The smallest absolute Gasteiger partial charge is 0.208 e. The molecule has 0 saturated heterocycles. The second-order valence-corrected chi connectivity index (χ2v) is 8.07. The average Bonchev–Trinajstić information content (AvgIpc) is 2.77. The van der Waals surface area contributed by atoms with Crippen molar-refractivity contribution in [1.29, 1.82) is 0 Å². The van der Waals surface area contributed by atoms with Gasteiger partial charge in [0.25, 0.3) is 0 Å². The van der Waals surface area contributed by atoms with Gasteiger partial charge in [0.05, 0.1) is 17.6 Å². The highest BCUT2D eigenvalue weighted by Gasteiger charge is 2.14. The summed E-state index contributed by atoms with van der Waals surface area (Å²) in [6.45, 7) is 3.53. The first-order chi connectivity index (χ1) is 11.3. The first-order valence-electron chi connectivity index (χ1n) is 7.43. The van der Waals surface area contributed by atoms with Crippen molar-refractivity contribution in [3.05, 3.63) is 45.7 Å². The Morgan fingerprint density at radius 1 is 1.25 bits per heavy atom. The third-order valence-corrected chi connectivity index (χ3v) is 4.72. The van der Waals surface area contributed by atoms with E-state index in [1.165, 1.54) is 0 Å². The van der Waals surface area contributed by atoms with E-state index in [4.69, 9.17) is 23.2 Å². The number of aromatic nitrogens is 2. The molecule has 0 amide bonds. The molecule has 1 aromatic heterocycles. The topological polar surface area (TPSA) is 76.0 Å².